The van der Waals surface area contributed by atoms with Crippen molar-refractivity contribution in [3.63, 3.8) is 0 Å². The van der Waals surface area contributed by atoms with E-state index in [1.165, 1.54) is 52.5 Å². The molecule has 0 spiro atoms. The number of hydrogen-bond donors (Lipinski definition) is 0. The second-order valence-electron chi connectivity index (χ2n) is 8.98. The minimum absolute atomic E-state index is 0.281. The van der Waals surface area contributed by atoms with Crippen LogP contribution in [0.4, 0.5) is 0 Å². The number of rotatable bonds is 6. The van der Waals surface area contributed by atoms with Crippen LogP contribution < -0.4 is 39.0 Å². The summed E-state index contributed by atoms with van der Waals surface area (Å²) < 4.78 is 35.8. The fraction of sp³-hybridized carbons (Fsp3) is 0.200. The molecule has 0 atom stereocenters. The molecule has 37 heavy (non-hydrogen) atoms. The second kappa shape index (κ2) is 12.7. The van der Waals surface area contributed by atoms with Gasteiger partial charge >= 0.3 is 200 Å². The van der Waals surface area contributed by atoms with E-state index in [9.17, 15) is 0 Å². The van der Waals surface area contributed by atoms with E-state index in [0.29, 0.717) is 15.0 Å². The molecule has 5 rings (SSSR count). The van der Waals surface area contributed by atoms with Gasteiger partial charge in [-0.3, -0.25) is 0 Å². The van der Waals surface area contributed by atoms with Gasteiger partial charge in [0.25, 0.3) is 0 Å². The van der Waals surface area contributed by atoms with Crippen molar-refractivity contribution in [3.8, 4) is 0 Å². The molecule has 0 aromatic heterocycles. The second-order valence-corrected chi connectivity index (χ2v) is 17.2. The molecule has 1 aliphatic carbocycles. The van der Waals surface area contributed by atoms with Gasteiger partial charge in [0.15, 0.2) is 0 Å². The molecule has 0 amide bonds. The molecular weight excluding hydrogens is 570 g/mol. The van der Waals surface area contributed by atoms with Crippen molar-refractivity contribution in [2.75, 3.05) is 0 Å². The average molecular weight is 600 g/mol. The SMILES string of the molecule is [O-][Cl+3]([O-])([O-])[O-].c1ccc([Se]C2([P+](c3ccccc3)(c3ccccc3)c3ccccc3)CCCCC2)cc1. The van der Waals surface area contributed by atoms with Crippen LogP contribution in [0.5, 0.6) is 0 Å². The maximum atomic E-state index is 8.49. The average Bonchev–Trinajstić information content (AvgIpc) is 2.91. The fourth-order valence-electron chi connectivity index (χ4n) is 5.43. The van der Waals surface area contributed by atoms with Gasteiger partial charge in [-0.2, -0.15) is 0 Å². The third kappa shape index (κ3) is 6.70. The molecule has 0 saturated heterocycles. The van der Waals surface area contributed by atoms with E-state index in [0.717, 1.165) is 0 Å². The fourth-order valence-corrected chi connectivity index (χ4v) is 16.7. The monoisotopic (exact) mass is 600 g/mol. The number of halogens is 1. The van der Waals surface area contributed by atoms with Crippen molar-refractivity contribution in [3.05, 3.63) is 121 Å². The Hall–Kier alpha value is -2.04. The van der Waals surface area contributed by atoms with E-state index in [1.54, 1.807) is 0 Å². The van der Waals surface area contributed by atoms with Gasteiger partial charge in [-0.05, 0) is 0 Å². The molecule has 0 aliphatic heterocycles. The van der Waals surface area contributed by atoms with Gasteiger partial charge in [-0.25, -0.2) is 18.6 Å². The summed E-state index contributed by atoms with van der Waals surface area (Å²) in [7, 11) is -6.84. The maximum absolute atomic E-state index is 8.49. The molecule has 192 valence electrons. The molecule has 1 fully saturated rings. The van der Waals surface area contributed by atoms with Crippen LogP contribution in [0.3, 0.4) is 0 Å². The van der Waals surface area contributed by atoms with Crippen LogP contribution in [-0.2, 0) is 0 Å². The summed E-state index contributed by atoms with van der Waals surface area (Å²) >= 11 is 0.379. The third-order valence-corrected chi connectivity index (χ3v) is 16.5. The van der Waals surface area contributed by atoms with E-state index in [4.69, 9.17) is 18.6 Å². The summed E-state index contributed by atoms with van der Waals surface area (Å²) in [6.07, 6.45) is 6.67. The summed E-state index contributed by atoms with van der Waals surface area (Å²) in [6.45, 7) is 0. The van der Waals surface area contributed by atoms with Gasteiger partial charge in [0.1, 0.15) is 0 Å². The zero-order valence-electron chi connectivity index (χ0n) is 20.4. The molecule has 0 heterocycles. The van der Waals surface area contributed by atoms with E-state index in [-0.39, 0.29) is 4.05 Å². The molecule has 4 nitrogen and oxygen atoms in total. The van der Waals surface area contributed by atoms with Gasteiger partial charge in [-0.1, -0.05) is 0 Å². The summed E-state index contributed by atoms with van der Waals surface area (Å²) in [5.74, 6) is 0. The molecular formula is C30H30ClO4PSe. The molecule has 7 heteroatoms. The molecule has 0 bridgehead atoms. The first-order valence-corrected chi connectivity index (χ1v) is 17.0. The normalized spacial score (nSPS) is 15.4. The van der Waals surface area contributed by atoms with Gasteiger partial charge in [-0.15, -0.1) is 10.2 Å². The Balaban J connectivity index is 0.000000586. The third-order valence-electron chi connectivity index (χ3n) is 6.73. The molecule has 1 saturated carbocycles. The van der Waals surface area contributed by atoms with Crippen LogP contribution in [0.25, 0.3) is 0 Å². The summed E-state index contributed by atoms with van der Waals surface area (Å²) in [5, 5.41) is 4.62. The molecule has 0 unspecified atom stereocenters. The quantitative estimate of drug-likeness (QED) is 0.243. The summed E-state index contributed by atoms with van der Waals surface area (Å²) in [6, 6.07) is 45.9. The molecule has 4 aromatic rings. The van der Waals surface area contributed by atoms with Gasteiger partial charge in [0.05, 0.1) is 0 Å². The minimum atomic E-state index is -4.94. The Morgan fingerprint density at radius 1 is 0.514 bits per heavy atom. The number of benzene rings is 4. The Kier molecular flexibility index (Phi) is 9.58. The van der Waals surface area contributed by atoms with E-state index in [1.807, 2.05) is 0 Å². The van der Waals surface area contributed by atoms with E-state index >= 15 is 0 Å². The van der Waals surface area contributed by atoms with E-state index in [2.05, 4.69) is 121 Å². The van der Waals surface area contributed by atoms with Crippen LogP contribution in [-0.4, -0.2) is 19.0 Å². The van der Waals surface area contributed by atoms with Crippen molar-refractivity contribution >= 4 is 42.6 Å². The van der Waals surface area contributed by atoms with Crippen molar-refractivity contribution in [1.82, 2.24) is 0 Å². The summed E-state index contributed by atoms with van der Waals surface area (Å²) in [5.41, 5.74) is 0. The topological polar surface area (TPSA) is 92.2 Å². The molecule has 0 radical (unpaired) electrons. The first-order valence-electron chi connectivity index (χ1n) is 12.3. The molecule has 0 N–H and O–H groups in total. The van der Waals surface area contributed by atoms with Crippen LogP contribution >= 0.6 is 7.26 Å². The van der Waals surface area contributed by atoms with E-state index < -0.39 is 17.5 Å². The van der Waals surface area contributed by atoms with Crippen LogP contribution in [0, 0.1) is 10.2 Å². The zero-order valence-corrected chi connectivity index (χ0v) is 23.8. The predicted molar refractivity (Wildman–Crippen MR) is 143 cm³/mol. The van der Waals surface area contributed by atoms with Gasteiger partial charge < -0.3 is 0 Å². The van der Waals surface area contributed by atoms with Crippen molar-refractivity contribution in [2.45, 2.75) is 36.2 Å². The van der Waals surface area contributed by atoms with Crippen LogP contribution in [0.2, 0.25) is 0 Å². The molecule has 4 aromatic carbocycles. The van der Waals surface area contributed by atoms with Crippen LogP contribution in [0.1, 0.15) is 32.1 Å². The van der Waals surface area contributed by atoms with Gasteiger partial charge in [0, 0.05) is 0 Å². The zero-order chi connectivity index (χ0) is 26.2. The Morgan fingerprint density at radius 3 is 1.19 bits per heavy atom. The molecule has 1 aliphatic rings. The number of hydrogen-bond acceptors (Lipinski definition) is 4. The Labute approximate surface area is 228 Å². The van der Waals surface area contributed by atoms with Crippen molar-refractivity contribution in [1.29, 1.82) is 0 Å². The van der Waals surface area contributed by atoms with Crippen molar-refractivity contribution < 1.29 is 28.9 Å². The van der Waals surface area contributed by atoms with Crippen molar-refractivity contribution in [2.24, 2.45) is 0 Å². The Morgan fingerprint density at radius 2 is 0.838 bits per heavy atom. The first kappa shape index (κ1) is 28.0. The summed E-state index contributed by atoms with van der Waals surface area (Å²) in [4.78, 5) is 0. The predicted octanol–water partition coefficient (Wildman–Crippen LogP) is 0.915. The standard InChI is InChI=1S/C30H30PSe.ClHO4/c1-6-16-26(17-7-1)31(27-18-8-2-9-19-27,28-20-10-3-11-21-28)30(24-14-5-15-25-30)32-29-22-12-4-13-23-29;2-1(3,4)5/h1-4,6-13,16-23H,5,14-15,24-25H2;(H,2,3,4,5)/q+1;/p-1. The van der Waals surface area contributed by atoms with Gasteiger partial charge in [0.2, 0.25) is 0 Å². The first-order chi connectivity index (χ1) is 17.9. The Bertz CT molecular complexity index is 1110. The van der Waals surface area contributed by atoms with Crippen LogP contribution in [0.15, 0.2) is 121 Å².